The molecule has 1 amide bonds. The summed E-state index contributed by atoms with van der Waals surface area (Å²) in [4.78, 5) is 14.8. The molecule has 1 aromatic carbocycles. The molecule has 2 atom stereocenters. The number of nitrogens with zero attached hydrogens (tertiary/aromatic N) is 2. The van der Waals surface area contributed by atoms with Crippen LogP contribution in [0, 0.1) is 17.8 Å². The van der Waals surface area contributed by atoms with Gasteiger partial charge in [0.15, 0.2) is 0 Å². The van der Waals surface area contributed by atoms with Gasteiger partial charge in [-0.25, -0.2) is 8.42 Å². The molecule has 0 spiro atoms. The monoisotopic (exact) mass is 378 g/mol. The van der Waals surface area contributed by atoms with Crippen LogP contribution in [0.4, 0.5) is 0 Å². The lowest BCUT2D eigenvalue weighted by Crippen LogP contribution is -2.42. The predicted octanol–water partition coefficient (Wildman–Crippen LogP) is 3.23. The van der Waals surface area contributed by atoms with E-state index in [4.69, 9.17) is 0 Å². The van der Waals surface area contributed by atoms with E-state index >= 15 is 0 Å². The topological polar surface area (TPSA) is 57.7 Å². The van der Waals surface area contributed by atoms with Gasteiger partial charge in [0, 0.05) is 31.7 Å². The first-order valence-corrected chi connectivity index (χ1v) is 11.1. The van der Waals surface area contributed by atoms with Crippen LogP contribution in [0.3, 0.4) is 0 Å². The van der Waals surface area contributed by atoms with E-state index in [1.165, 1.54) is 0 Å². The molecular formula is C20H30N2O3S. The van der Waals surface area contributed by atoms with Crippen LogP contribution in [0.25, 0.3) is 0 Å². The molecule has 3 rings (SSSR count). The SMILES string of the molecule is CC1CCN(C(=O)c2ccc(S(=O)(=O)N3CC(C)CC(C)C3)cc2)CC1. The minimum absolute atomic E-state index is 0.000986. The van der Waals surface area contributed by atoms with Crippen molar-refractivity contribution >= 4 is 15.9 Å². The average molecular weight is 379 g/mol. The zero-order valence-electron chi connectivity index (χ0n) is 16.0. The van der Waals surface area contributed by atoms with Crippen LogP contribution in [0.2, 0.25) is 0 Å². The lowest BCUT2D eigenvalue weighted by molar-refractivity contribution is 0.0697. The molecular weight excluding hydrogens is 348 g/mol. The van der Waals surface area contributed by atoms with Crippen molar-refractivity contribution in [2.45, 2.75) is 44.9 Å². The second-order valence-corrected chi connectivity index (χ2v) is 10.2. The fourth-order valence-corrected chi connectivity index (χ4v) is 5.79. The summed E-state index contributed by atoms with van der Waals surface area (Å²) >= 11 is 0. The minimum atomic E-state index is -3.49. The number of benzene rings is 1. The first kappa shape index (κ1) is 19.4. The molecule has 5 nitrogen and oxygen atoms in total. The summed E-state index contributed by atoms with van der Waals surface area (Å²) in [7, 11) is -3.49. The van der Waals surface area contributed by atoms with E-state index in [0.717, 1.165) is 32.4 Å². The van der Waals surface area contributed by atoms with Gasteiger partial charge in [-0.05, 0) is 61.3 Å². The molecule has 0 N–H and O–H groups in total. The van der Waals surface area contributed by atoms with Gasteiger partial charge in [-0.1, -0.05) is 20.8 Å². The van der Waals surface area contributed by atoms with E-state index in [-0.39, 0.29) is 10.8 Å². The van der Waals surface area contributed by atoms with Gasteiger partial charge >= 0.3 is 0 Å². The van der Waals surface area contributed by atoms with Crippen molar-refractivity contribution in [2.24, 2.45) is 17.8 Å². The highest BCUT2D eigenvalue weighted by atomic mass is 32.2. The lowest BCUT2D eigenvalue weighted by Gasteiger charge is -2.34. The van der Waals surface area contributed by atoms with Crippen LogP contribution < -0.4 is 0 Å². The van der Waals surface area contributed by atoms with Crippen molar-refractivity contribution in [1.82, 2.24) is 9.21 Å². The van der Waals surface area contributed by atoms with Crippen molar-refractivity contribution in [3.63, 3.8) is 0 Å². The predicted molar refractivity (Wildman–Crippen MR) is 102 cm³/mol. The fourth-order valence-electron chi connectivity index (χ4n) is 4.11. The maximum absolute atomic E-state index is 12.9. The number of hydrogen-bond donors (Lipinski definition) is 0. The molecule has 0 aliphatic carbocycles. The van der Waals surface area contributed by atoms with Crippen molar-refractivity contribution in [1.29, 1.82) is 0 Å². The Bertz CT molecular complexity index is 727. The summed E-state index contributed by atoms with van der Waals surface area (Å²) in [6.07, 6.45) is 3.13. The second-order valence-electron chi connectivity index (χ2n) is 8.27. The lowest BCUT2D eigenvalue weighted by atomic mass is 9.94. The normalized spacial score (nSPS) is 26.0. The molecule has 2 aliphatic rings. The molecule has 2 fully saturated rings. The Labute approximate surface area is 157 Å². The van der Waals surface area contributed by atoms with Crippen LogP contribution in [0.5, 0.6) is 0 Å². The molecule has 2 saturated heterocycles. The zero-order chi connectivity index (χ0) is 18.9. The first-order valence-electron chi connectivity index (χ1n) is 9.67. The Balaban J connectivity index is 1.73. The average Bonchev–Trinajstić information content (AvgIpc) is 2.61. The van der Waals surface area contributed by atoms with Gasteiger partial charge in [0.25, 0.3) is 5.91 Å². The number of likely N-dealkylation sites (tertiary alicyclic amines) is 1. The molecule has 0 bridgehead atoms. The van der Waals surface area contributed by atoms with E-state index in [9.17, 15) is 13.2 Å². The Morgan fingerprint density at radius 2 is 1.46 bits per heavy atom. The highest BCUT2D eigenvalue weighted by Gasteiger charge is 2.31. The molecule has 26 heavy (non-hydrogen) atoms. The summed E-state index contributed by atoms with van der Waals surface area (Å²) in [6, 6.07) is 6.48. The van der Waals surface area contributed by atoms with E-state index in [2.05, 4.69) is 20.8 Å². The van der Waals surface area contributed by atoms with Gasteiger partial charge in [0.05, 0.1) is 4.90 Å². The Morgan fingerprint density at radius 3 is 2.00 bits per heavy atom. The van der Waals surface area contributed by atoms with Crippen LogP contribution in [0.1, 0.15) is 50.4 Å². The van der Waals surface area contributed by atoms with E-state index < -0.39 is 10.0 Å². The first-order chi connectivity index (χ1) is 12.3. The summed E-state index contributed by atoms with van der Waals surface area (Å²) in [5.74, 6) is 1.41. The summed E-state index contributed by atoms with van der Waals surface area (Å²) in [5, 5.41) is 0. The number of piperidine rings is 2. The van der Waals surface area contributed by atoms with Gasteiger partial charge in [-0.15, -0.1) is 0 Å². The van der Waals surface area contributed by atoms with E-state index in [1.54, 1.807) is 28.6 Å². The molecule has 2 aliphatic heterocycles. The molecule has 2 heterocycles. The third kappa shape index (κ3) is 4.12. The van der Waals surface area contributed by atoms with Gasteiger partial charge in [-0.2, -0.15) is 4.31 Å². The third-order valence-corrected chi connectivity index (χ3v) is 7.49. The van der Waals surface area contributed by atoms with Crippen LogP contribution >= 0.6 is 0 Å². The summed E-state index contributed by atoms with van der Waals surface area (Å²) in [6.45, 7) is 9.11. The quantitative estimate of drug-likeness (QED) is 0.811. The zero-order valence-corrected chi connectivity index (χ0v) is 16.8. The maximum Gasteiger partial charge on any atom is 0.253 e. The van der Waals surface area contributed by atoms with Crippen molar-refractivity contribution in [2.75, 3.05) is 26.2 Å². The van der Waals surface area contributed by atoms with E-state index in [1.807, 2.05) is 4.90 Å². The number of hydrogen-bond acceptors (Lipinski definition) is 3. The molecule has 2 unspecified atom stereocenters. The minimum Gasteiger partial charge on any atom is -0.339 e. The molecule has 0 aromatic heterocycles. The number of sulfonamides is 1. The largest absolute Gasteiger partial charge is 0.339 e. The number of carbonyl (C=O) groups excluding carboxylic acids is 1. The number of amides is 1. The third-order valence-electron chi connectivity index (χ3n) is 5.65. The van der Waals surface area contributed by atoms with Gasteiger partial charge in [0.2, 0.25) is 10.0 Å². The molecule has 0 radical (unpaired) electrons. The van der Waals surface area contributed by atoms with Crippen LogP contribution in [-0.2, 0) is 10.0 Å². The van der Waals surface area contributed by atoms with Crippen LogP contribution in [0.15, 0.2) is 29.2 Å². The standard InChI is InChI=1S/C20H30N2O3S/c1-15-8-10-21(11-9-15)20(23)18-4-6-19(7-5-18)26(24,25)22-13-16(2)12-17(3)14-22/h4-7,15-17H,8-14H2,1-3H3. The fraction of sp³-hybridized carbons (Fsp3) is 0.650. The Morgan fingerprint density at radius 1 is 0.923 bits per heavy atom. The van der Waals surface area contributed by atoms with Gasteiger partial charge in [0.1, 0.15) is 0 Å². The molecule has 6 heteroatoms. The number of carbonyl (C=O) groups is 1. The Hall–Kier alpha value is -1.40. The van der Waals surface area contributed by atoms with Gasteiger partial charge < -0.3 is 4.90 Å². The van der Waals surface area contributed by atoms with Gasteiger partial charge in [-0.3, -0.25) is 4.79 Å². The second kappa shape index (κ2) is 7.69. The van der Waals surface area contributed by atoms with Crippen molar-refractivity contribution in [3.8, 4) is 0 Å². The summed E-state index contributed by atoms with van der Waals surface area (Å²) in [5.41, 5.74) is 0.568. The smallest absolute Gasteiger partial charge is 0.253 e. The van der Waals surface area contributed by atoms with Crippen molar-refractivity contribution in [3.05, 3.63) is 29.8 Å². The maximum atomic E-state index is 12.9. The van der Waals surface area contributed by atoms with E-state index in [0.29, 0.717) is 36.4 Å². The highest BCUT2D eigenvalue weighted by molar-refractivity contribution is 7.89. The molecule has 144 valence electrons. The highest BCUT2D eigenvalue weighted by Crippen LogP contribution is 2.27. The van der Waals surface area contributed by atoms with Crippen molar-refractivity contribution < 1.29 is 13.2 Å². The number of rotatable bonds is 3. The molecule has 0 saturated carbocycles. The Kier molecular flexibility index (Phi) is 5.72. The van der Waals surface area contributed by atoms with Crippen LogP contribution in [-0.4, -0.2) is 49.7 Å². The molecule has 1 aromatic rings. The summed E-state index contributed by atoms with van der Waals surface area (Å²) < 4.78 is 27.4.